The second-order valence-electron chi connectivity index (χ2n) is 4.34. The average molecular weight is 286 g/mol. The second kappa shape index (κ2) is 9.94. The molecule has 20 heavy (non-hydrogen) atoms. The molecule has 7 heteroatoms. The quantitative estimate of drug-likeness (QED) is 0.532. The van der Waals surface area contributed by atoms with E-state index in [9.17, 15) is 19.2 Å². The maximum Gasteiger partial charge on any atom is 0.326 e. The van der Waals surface area contributed by atoms with E-state index in [2.05, 4.69) is 10.6 Å². The number of hydrogen-bond donors (Lipinski definition) is 3. The molecule has 0 aromatic rings. The van der Waals surface area contributed by atoms with Crippen molar-refractivity contribution >= 4 is 23.6 Å². The van der Waals surface area contributed by atoms with Crippen LogP contribution in [-0.4, -0.2) is 41.3 Å². The predicted molar refractivity (Wildman–Crippen MR) is 72.0 cm³/mol. The van der Waals surface area contributed by atoms with Gasteiger partial charge in [0.25, 0.3) is 0 Å². The first-order valence-electron chi connectivity index (χ1n) is 6.71. The Labute approximate surface area is 118 Å². The van der Waals surface area contributed by atoms with Crippen molar-refractivity contribution in [2.24, 2.45) is 0 Å². The van der Waals surface area contributed by atoms with E-state index in [1.54, 1.807) is 13.8 Å². The summed E-state index contributed by atoms with van der Waals surface area (Å²) in [5, 5.41) is 13.8. The van der Waals surface area contributed by atoms with Crippen LogP contribution in [0.25, 0.3) is 0 Å². The van der Waals surface area contributed by atoms with Crippen LogP contribution in [-0.2, 0) is 19.2 Å². The summed E-state index contributed by atoms with van der Waals surface area (Å²) in [5.41, 5.74) is 0. The number of rotatable bonds is 10. The molecular formula is C13H22N2O5. The average Bonchev–Trinajstić information content (AvgIpc) is 2.40. The van der Waals surface area contributed by atoms with Gasteiger partial charge in [0, 0.05) is 32.2 Å². The third-order valence-corrected chi connectivity index (χ3v) is 2.67. The van der Waals surface area contributed by atoms with Crippen LogP contribution in [0, 0.1) is 0 Å². The van der Waals surface area contributed by atoms with E-state index < -0.39 is 12.0 Å². The molecule has 0 aliphatic rings. The Kier molecular flexibility index (Phi) is 8.98. The van der Waals surface area contributed by atoms with Crippen molar-refractivity contribution in [2.45, 2.75) is 52.0 Å². The van der Waals surface area contributed by atoms with E-state index in [0.29, 0.717) is 6.54 Å². The summed E-state index contributed by atoms with van der Waals surface area (Å²) >= 11 is 0. The number of aliphatic carboxylic acids is 1. The molecule has 0 aromatic carbocycles. The van der Waals surface area contributed by atoms with Gasteiger partial charge in [-0.15, -0.1) is 0 Å². The van der Waals surface area contributed by atoms with Crippen molar-refractivity contribution in [1.29, 1.82) is 0 Å². The summed E-state index contributed by atoms with van der Waals surface area (Å²) in [6, 6.07) is -1.06. The van der Waals surface area contributed by atoms with E-state index in [1.807, 2.05) is 0 Å². The number of carboxylic acids is 1. The number of carbonyl (C=O) groups excluding carboxylic acids is 3. The van der Waals surface area contributed by atoms with Gasteiger partial charge < -0.3 is 15.7 Å². The summed E-state index contributed by atoms with van der Waals surface area (Å²) in [4.78, 5) is 44.8. The lowest BCUT2D eigenvalue weighted by atomic mass is 10.1. The van der Waals surface area contributed by atoms with Gasteiger partial charge in [-0.1, -0.05) is 6.92 Å². The predicted octanol–water partition coefficient (Wildman–Crippen LogP) is 0.231. The van der Waals surface area contributed by atoms with Crippen LogP contribution >= 0.6 is 0 Å². The van der Waals surface area contributed by atoms with Crippen molar-refractivity contribution in [2.75, 3.05) is 6.54 Å². The van der Waals surface area contributed by atoms with Crippen LogP contribution in [0.5, 0.6) is 0 Å². The van der Waals surface area contributed by atoms with Gasteiger partial charge in [-0.3, -0.25) is 14.4 Å². The van der Waals surface area contributed by atoms with Gasteiger partial charge in [0.05, 0.1) is 0 Å². The topological polar surface area (TPSA) is 113 Å². The van der Waals surface area contributed by atoms with Crippen molar-refractivity contribution in [1.82, 2.24) is 10.6 Å². The zero-order chi connectivity index (χ0) is 15.5. The summed E-state index contributed by atoms with van der Waals surface area (Å²) in [5.74, 6) is -1.92. The molecule has 0 radical (unpaired) electrons. The van der Waals surface area contributed by atoms with Gasteiger partial charge in [-0.2, -0.15) is 0 Å². The van der Waals surface area contributed by atoms with Gasteiger partial charge in [0.2, 0.25) is 11.8 Å². The lowest BCUT2D eigenvalue weighted by Crippen LogP contribution is -2.40. The first kappa shape index (κ1) is 18.1. The molecule has 1 atom stereocenters. The third kappa shape index (κ3) is 8.23. The zero-order valence-electron chi connectivity index (χ0n) is 11.9. The lowest BCUT2D eigenvalue weighted by Gasteiger charge is -2.13. The summed E-state index contributed by atoms with van der Waals surface area (Å²) < 4.78 is 0. The molecule has 0 saturated carbocycles. The van der Waals surface area contributed by atoms with E-state index in [0.717, 1.165) is 0 Å². The molecule has 0 heterocycles. The SMILES string of the molecule is CCNC(=O)CCC(=O)CCC(NC(=O)CC)C(=O)O. The smallest absolute Gasteiger partial charge is 0.326 e. The number of Topliss-reactive ketones (excluding diaryl/α,β-unsaturated/α-hetero) is 1. The number of nitrogens with one attached hydrogen (secondary N) is 2. The molecule has 0 saturated heterocycles. The summed E-state index contributed by atoms with van der Waals surface area (Å²) in [6.45, 7) is 3.91. The Hall–Kier alpha value is -1.92. The third-order valence-electron chi connectivity index (χ3n) is 2.67. The second-order valence-corrected chi connectivity index (χ2v) is 4.34. The fourth-order valence-corrected chi connectivity index (χ4v) is 1.52. The standard InChI is InChI=1S/C13H22N2O5/c1-3-11(17)15-10(13(19)20)7-5-9(16)6-8-12(18)14-4-2/h10H,3-8H2,1-2H3,(H,14,18)(H,15,17)(H,19,20). The monoisotopic (exact) mass is 286 g/mol. The molecule has 0 aromatic heterocycles. The Morgan fingerprint density at radius 3 is 2.15 bits per heavy atom. The van der Waals surface area contributed by atoms with Crippen molar-refractivity contribution in [3.05, 3.63) is 0 Å². The van der Waals surface area contributed by atoms with Crippen LogP contribution in [0.3, 0.4) is 0 Å². The highest BCUT2D eigenvalue weighted by molar-refractivity contribution is 5.86. The van der Waals surface area contributed by atoms with E-state index >= 15 is 0 Å². The van der Waals surface area contributed by atoms with Crippen molar-refractivity contribution < 1.29 is 24.3 Å². The largest absolute Gasteiger partial charge is 0.480 e. The van der Waals surface area contributed by atoms with Gasteiger partial charge in [-0.25, -0.2) is 4.79 Å². The van der Waals surface area contributed by atoms with Gasteiger partial charge in [-0.05, 0) is 13.3 Å². The first-order valence-corrected chi connectivity index (χ1v) is 6.71. The maximum absolute atomic E-state index is 11.5. The molecule has 1 unspecified atom stereocenters. The minimum absolute atomic E-state index is 0.0281. The minimum Gasteiger partial charge on any atom is -0.480 e. The van der Waals surface area contributed by atoms with Gasteiger partial charge in [0.1, 0.15) is 11.8 Å². The molecular weight excluding hydrogens is 264 g/mol. The van der Waals surface area contributed by atoms with E-state index in [1.165, 1.54) is 0 Å². The lowest BCUT2D eigenvalue weighted by molar-refractivity contribution is -0.142. The molecule has 3 N–H and O–H groups in total. The fraction of sp³-hybridized carbons (Fsp3) is 0.692. The number of amides is 2. The molecule has 7 nitrogen and oxygen atoms in total. The molecule has 0 bridgehead atoms. The zero-order valence-corrected chi connectivity index (χ0v) is 11.9. The van der Waals surface area contributed by atoms with Crippen LogP contribution in [0.2, 0.25) is 0 Å². The van der Waals surface area contributed by atoms with Crippen LogP contribution in [0.1, 0.15) is 46.0 Å². The Balaban J connectivity index is 4.08. The number of carboxylic acid groups (broad SMARTS) is 1. The fourth-order valence-electron chi connectivity index (χ4n) is 1.52. The van der Waals surface area contributed by atoms with E-state index in [-0.39, 0.29) is 49.7 Å². The molecule has 0 fully saturated rings. The van der Waals surface area contributed by atoms with Gasteiger partial charge in [0.15, 0.2) is 0 Å². The van der Waals surface area contributed by atoms with Gasteiger partial charge >= 0.3 is 5.97 Å². The van der Waals surface area contributed by atoms with Crippen LogP contribution in [0.15, 0.2) is 0 Å². The molecule has 0 spiro atoms. The van der Waals surface area contributed by atoms with Crippen molar-refractivity contribution in [3.63, 3.8) is 0 Å². The molecule has 2 amide bonds. The Morgan fingerprint density at radius 2 is 1.65 bits per heavy atom. The number of carbonyl (C=O) groups is 4. The Morgan fingerprint density at radius 1 is 1.00 bits per heavy atom. The first-order chi connectivity index (χ1) is 9.40. The highest BCUT2D eigenvalue weighted by Crippen LogP contribution is 2.04. The molecule has 114 valence electrons. The summed E-state index contributed by atoms with van der Waals surface area (Å²) in [7, 11) is 0. The van der Waals surface area contributed by atoms with E-state index in [4.69, 9.17) is 5.11 Å². The van der Waals surface area contributed by atoms with Crippen LogP contribution < -0.4 is 10.6 Å². The minimum atomic E-state index is -1.16. The maximum atomic E-state index is 11.5. The summed E-state index contributed by atoms with van der Waals surface area (Å²) in [6.07, 6.45) is 0.441. The molecule has 0 aliphatic heterocycles. The molecule has 0 aliphatic carbocycles. The number of ketones is 1. The number of hydrogen-bond acceptors (Lipinski definition) is 4. The Bertz CT molecular complexity index is 368. The molecule has 0 rings (SSSR count). The van der Waals surface area contributed by atoms with Crippen LogP contribution in [0.4, 0.5) is 0 Å². The highest BCUT2D eigenvalue weighted by Gasteiger charge is 2.20. The normalized spacial score (nSPS) is 11.5. The highest BCUT2D eigenvalue weighted by atomic mass is 16.4. The van der Waals surface area contributed by atoms with Crippen molar-refractivity contribution in [3.8, 4) is 0 Å².